The molecule has 1 heterocycles. The van der Waals surface area contributed by atoms with Gasteiger partial charge in [-0.2, -0.15) is 0 Å². The molecule has 2 aromatic carbocycles. The van der Waals surface area contributed by atoms with Crippen LogP contribution in [0.4, 0.5) is 5.69 Å². The Bertz CT molecular complexity index is 860. The Morgan fingerprint density at radius 1 is 1.28 bits per heavy atom. The van der Waals surface area contributed by atoms with Gasteiger partial charge in [0.25, 0.3) is 0 Å². The molecule has 1 unspecified atom stereocenters. The Morgan fingerprint density at radius 3 is 2.64 bits per heavy atom. The van der Waals surface area contributed by atoms with E-state index in [1.165, 1.54) is 30.3 Å². The third-order valence-corrected chi connectivity index (χ3v) is 3.79. The summed E-state index contributed by atoms with van der Waals surface area (Å²) in [5.74, 6) is -0.996. The van der Waals surface area contributed by atoms with Gasteiger partial charge in [0.05, 0.1) is 16.8 Å². The first kappa shape index (κ1) is 17.1. The van der Waals surface area contributed by atoms with Crippen LogP contribution in [0.1, 0.15) is 27.6 Å². The van der Waals surface area contributed by atoms with E-state index in [-0.39, 0.29) is 17.1 Å². The van der Waals surface area contributed by atoms with Crippen molar-refractivity contribution in [3.63, 3.8) is 0 Å². The van der Waals surface area contributed by atoms with Gasteiger partial charge >= 0.3 is 5.97 Å². The predicted octanol–water partition coefficient (Wildman–Crippen LogP) is 3.75. The molecule has 0 spiro atoms. The summed E-state index contributed by atoms with van der Waals surface area (Å²) in [7, 11) is 0. The minimum atomic E-state index is -1.04. The molecule has 6 nitrogen and oxygen atoms in total. The molecule has 0 saturated carbocycles. The van der Waals surface area contributed by atoms with Crippen molar-refractivity contribution in [2.24, 2.45) is 4.99 Å². The summed E-state index contributed by atoms with van der Waals surface area (Å²) in [6.45, 7) is 2.11. The molecule has 1 aliphatic rings. The van der Waals surface area contributed by atoms with Gasteiger partial charge in [-0.25, -0.2) is 9.79 Å². The van der Waals surface area contributed by atoms with Crippen molar-refractivity contribution < 1.29 is 24.2 Å². The van der Waals surface area contributed by atoms with Crippen molar-refractivity contribution in [2.75, 3.05) is 6.61 Å². The lowest BCUT2D eigenvalue weighted by atomic mass is 10.0. The van der Waals surface area contributed by atoms with Crippen molar-refractivity contribution in [3.05, 3.63) is 58.6 Å². The number of carboxylic acid groups (broad SMARTS) is 1. The van der Waals surface area contributed by atoms with E-state index in [1.807, 2.05) is 0 Å². The van der Waals surface area contributed by atoms with Crippen LogP contribution in [0.3, 0.4) is 0 Å². The molecule has 0 bridgehead atoms. The van der Waals surface area contributed by atoms with E-state index in [2.05, 4.69) is 4.99 Å². The number of fused-ring (bicyclic) bond motifs is 1. The summed E-state index contributed by atoms with van der Waals surface area (Å²) in [6, 6.07) is 10.6. The van der Waals surface area contributed by atoms with Crippen molar-refractivity contribution in [3.8, 4) is 5.75 Å². The van der Waals surface area contributed by atoms with Crippen LogP contribution in [-0.2, 0) is 4.74 Å². The number of carbonyl (C=O) groups excluding carboxylic acids is 1. The number of carbonyl (C=O) groups is 2. The fraction of sp³-hybridized carbons (Fsp3) is 0.167. The van der Waals surface area contributed by atoms with Crippen LogP contribution < -0.4 is 4.74 Å². The number of carboxylic acids is 1. The van der Waals surface area contributed by atoms with Crippen molar-refractivity contribution in [1.82, 2.24) is 0 Å². The molecule has 0 saturated heterocycles. The highest BCUT2D eigenvalue weighted by Gasteiger charge is 2.34. The summed E-state index contributed by atoms with van der Waals surface area (Å²) >= 11 is 5.96. The second kappa shape index (κ2) is 7.04. The highest BCUT2D eigenvalue weighted by molar-refractivity contribution is 6.49. The van der Waals surface area contributed by atoms with Crippen LogP contribution in [0.15, 0.2) is 47.5 Å². The lowest BCUT2D eigenvalue weighted by Gasteiger charge is -2.26. The van der Waals surface area contributed by atoms with Crippen LogP contribution in [0.25, 0.3) is 0 Å². The molecule has 25 heavy (non-hydrogen) atoms. The number of Topliss-reactive ketones (excluding diaryl/α,β-unsaturated/α-hetero) is 1. The first-order chi connectivity index (χ1) is 12.0. The molecular formula is C18H14ClNO5. The lowest BCUT2D eigenvalue weighted by molar-refractivity contribution is -0.0285. The van der Waals surface area contributed by atoms with Crippen molar-refractivity contribution in [2.45, 2.75) is 13.2 Å². The van der Waals surface area contributed by atoms with E-state index in [4.69, 9.17) is 26.2 Å². The van der Waals surface area contributed by atoms with Gasteiger partial charge in [-0.3, -0.25) is 4.79 Å². The summed E-state index contributed by atoms with van der Waals surface area (Å²) < 4.78 is 11.2. The third kappa shape index (κ3) is 3.55. The third-order valence-electron chi connectivity index (χ3n) is 3.56. The largest absolute Gasteiger partial charge is 0.478 e. The lowest BCUT2D eigenvalue weighted by Crippen LogP contribution is -2.40. The van der Waals surface area contributed by atoms with Crippen LogP contribution >= 0.6 is 11.6 Å². The number of aliphatic imine (C=N–C) groups is 1. The number of hydrogen-bond donors (Lipinski definition) is 1. The zero-order chi connectivity index (χ0) is 18.0. The highest BCUT2D eigenvalue weighted by Crippen LogP contribution is 2.30. The van der Waals surface area contributed by atoms with Gasteiger partial charge in [0.15, 0.2) is 5.71 Å². The van der Waals surface area contributed by atoms with E-state index in [9.17, 15) is 9.59 Å². The van der Waals surface area contributed by atoms with Crippen molar-refractivity contribution in [1.29, 1.82) is 0 Å². The van der Waals surface area contributed by atoms with E-state index >= 15 is 0 Å². The average Bonchev–Trinajstić information content (AvgIpc) is 2.59. The molecule has 1 N–H and O–H groups in total. The molecule has 0 fully saturated rings. The minimum absolute atomic E-state index is 0.0830. The number of nitrogens with zero attached hydrogens (tertiary/aromatic N) is 1. The number of benzene rings is 2. The zero-order valence-electron chi connectivity index (χ0n) is 13.2. The van der Waals surface area contributed by atoms with Gasteiger partial charge in [0, 0.05) is 11.6 Å². The first-order valence-corrected chi connectivity index (χ1v) is 7.92. The second-order valence-corrected chi connectivity index (χ2v) is 5.66. The maximum Gasteiger partial charge on any atom is 0.335 e. The topological polar surface area (TPSA) is 85.2 Å². The molecule has 0 amide bonds. The molecular weight excluding hydrogens is 346 g/mol. The van der Waals surface area contributed by atoms with Gasteiger partial charge < -0.3 is 14.6 Å². The van der Waals surface area contributed by atoms with Crippen LogP contribution in [0, 0.1) is 0 Å². The number of aromatic carboxylic acids is 1. The molecule has 0 aliphatic carbocycles. The van der Waals surface area contributed by atoms with E-state index in [0.29, 0.717) is 28.6 Å². The summed E-state index contributed by atoms with van der Waals surface area (Å²) in [4.78, 5) is 28.0. The quantitative estimate of drug-likeness (QED) is 0.898. The number of rotatable bonds is 4. The summed E-state index contributed by atoms with van der Waals surface area (Å²) in [6.07, 6.45) is -0.940. The normalized spacial score (nSPS) is 17.9. The van der Waals surface area contributed by atoms with Gasteiger partial charge in [0.2, 0.25) is 12.1 Å². The Balaban J connectivity index is 2.01. The first-order valence-electron chi connectivity index (χ1n) is 7.54. The molecule has 3 rings (SSSR count). The van der Waals surface area contributed by atoms with Crippen LogP contribution in [0.5, 0.6) is 5.75 Å². The highest BCUT2D eigenvalue weighted by atomic mass is 35.5. The number of halogens is 1. The standard InChI is InChI=1S/C18H14ClNO5/c1-2-24-18-15(20-12-6-3-10(4-7-12)17(22)23)16(21)13-9-11(19)5-8-14(13)25-18/h3-9,18H,2H2,1H3,(H,22,23). The number of ether oxygens (including phenoxy) is 2. The molecule has 2 aromatic rings. The van der Waals surface area contributed by atoms with Crippen molar-refractivity contribution >= 4 is 34.8 Å². The van der Waals surface area contributed by atoms with Gasteiger partial charge in [-0.1, -0.05) is 11.6 Å². The molecule has 128 valence electrons. The molecule has 0 radical (unpaired) electrons. The maximum atomic E-state index is 12.8. The Morgan fingerprint density at radius 2 is 2.00 bits per heavy atom. The average molecular weight is 360 g/mol. The molecule has 1 atom stereocenters. The van der Waals surface area contributed by atoms with Gasteiger partial charge in [-0.05, 0) is 49.4 Å². The van der Waals surface area contributed by atoms with E-state index in [0.717, 1.165) is 0 Å². The molecule has 7 heteroatoms. The Kier molecular flexibility index (Phi) is 4.83. The predicted molar refractivity (Wildman–Crippen MR) is 92.3 cm³/mol. The molecule has 0 aromatic heterocycles. The van der Waals surface area contributed by atoms with Gasteiger partial charge in [0.1, 0.15) is 5.75 Å². The second-order valence-electron chi connectivity index (χ2n) is 5.22. The van der Waals surface area contributed by atoms with Crippen LogP contribution in [0.2, 0.25) is 5.02 Å². The van der Waals surface area contributed by atoms with E-state index < -0.39 is 12.3 Å². The monoisotopic (exact) mass is 359 g/mol. The summed E-state index contributed by atoms with van der Waals surface area (Å²) in [5, 5.41) is 9.36. The number of hydrogen-bond acceptors (Lipinski definition) is 5. The van der Waals surface area contributed by atoms with E-state index in [1.54, 1.807) is 19.1 Å². The fourth-order valence-corrected chi connectivity index (χ4v) is 2.56. The zero-order valence-corrected chi connectivity index (χ0v) is 14.0. The molecule has 1 aliphatic heterocycles. The fourth-order valence-electron chi connectivity index (χ4n) is 2.38. The summed E-state index contributed by atoms with van der Waals surface area (Å²) in [5.41, 5.74) is 0.949. The minimum Gasteiger partial charge on any atom is -0.478 e. The Labute approximate surface area is 148 Å². The van der Waals surface area contributed by atoms with Crippen LogP contribution in [-0.4, -0.2) is 35.5 Å². The maximum absolute atomic E-state index is 12.8. The SMILES string of the molecule is CCOC1Oc2ccc(Cl)cc2C(=O)C1=Nc1ccc(C(=O)O)cc1. The van der Waals surface area contributed by atoms with Gasteiger partial charge in [-0.15, -0.1) is 0 Å². The Hall–Kier alpha value is -2.70. The number of ketones is 1. The smallest absolute Gasteiger partial charge is 0.335 e.